The maximum Gasteiger partial charge on any atom is 0.293 e. The molecule has 5 heteroatoms. The number of ether oxygens (including phenoxy) is 2. The summed E-state index contributed by atoms with van der Waals surface area (Å²) in [5.41, 5.74) is 0. The Labute approximate surface area is 64.5 Å². The van der Waals surface area contributed by atoms with Crippen LogP contribution < -0.4 is 0 Å². The molecular weight excluding hydrogens is 152 g/mol. The molecule has 0 fully saturated rings. The number of aliphatic hydroxyl groups is 2. The lowest BCUT2D eigenvalue weighted by Gasteiger charge is -2.06. The Hall–Kier alpha value is -0.650. The van der Waals surface area contributed by atoms with Crippen LogP contribution in [0.25, 0.3) is 0 Å². The van der Waals surface area contributed by atoms with Crippen LogP contribution in [-0.4, -0.2) is 49.2 Å². The minimum absolute atomic E-state index is 0.0543. The molecule has 0 amide bonds. The van der Waals surface area contributed by atoms with Gasteiger partial charge in [0.15, 0.2) is 0 Å². The fourth-order valence-corrected chi connectivity index (χ4v) is 0.427. The van der Waals surface area contributed by atoms with Crippen molar-refractivity contribution in [3.63, 3.8) is 0 Å². The molecule has 0 aliphatic heterocycles. The fourth-order valence-electron chi connectivity index (χ4n) is 0.427. The van der Waals surface area contributed by atoms with Crippen molar-refractivity contribution in [1.29, 1.82) is 0 Å². The van der Waals surface area contributed by atoms with Crippen LogP contribution in [0.1, 0.15) is 0 Å². The molecule has 5 nitrogen and oxygen atoms in total. The number of hydrogen-bond acceptors (Lipinski definition) is 5. The Balaban J connectivity index is 2.95. The molecule has 0 aromatic rings. The number of carbonyl (C=O) groups is 1. The predicted molar refractivity (Wildman–Crippen MR) is 35.9 cm³/mol. The van der Waals surface area contributed by atoms with Crippen LogP contribution in [0.15, 0.2) is 0 Å². The van der Waals surface area contributed by atoms with Crippen LogP contribution in [-0.2, 0) is 14.3 Å². The van der Waals surface area contributed by atoms with Crippen LogP contribution in [0, 0.1) is 0 Å². The van der Waals surface area contributed by atoms with E-state index in [1.54, 1.807) is 0 Å². The standard InChI is InChI=1S/C6H12O5/c7-3-6(9)4-10-1-2-11-5-8/h5-7,9H,1-4H2. The summed E-state index contributed by atoms with van der Waals surface area (Å²) in [6, 6.07) is 0. The lowest BCUT2D eigenvalue weighted by atomic mass is 10.4. The average Bonchev–Trinajstić information content (AvgIpc) is 2.04. The van der Waals surface area contributed by atoms with Crippen molar-refractivity contribution in [2.45, 2.75) is 6.10 Å². The van der Waals surface area contributed by atoms with Crippen molar-refractivity contribution >= 4 is 6.47 Å². The van der Waals surface area contributed by atoms with Crippen LogP contribution in [0.2, 0.25) is 0 Å². The monoisotopic (exact) mass is 164 g/mol. The highest BCUT2D eigenvalue weighted by Crippen LogP contribution is 1.83. The molecular formula is C6H12O5. The summed E-state index contributed by atoms with van der Waals surface area (Å²) in [5, 5.41) is 17.0. The quantitative estimate of drug-likeness (QED) is 0.355. The van der Waals surface area contributed by atoms with Crippen molar-refractivity contribution in [3.05, 3.63) is 0 Å². The van der Waals surface area contributed by atoms with Gasteiger partial charge in [0.1, 0.15) is 12.7 Å². The molecule has 0 aliphatic rings. The van der Waals surface area contributed by atoms with Gasteiger partial charge in [-0.3, -0.25) is 4.79 Å². The van der Waals surface area contributed by atoms with E-state index in [1.807, 2.05) is 0 Å². The Morgan fingerprint density at radius 3 is 2.73 bits per heavy atom. The maximum atomic E-state index is 9.59. The maximum absolute atomic E-state index is 9.59. The first-order chi connectivity index (χ1) is 5.31. The average molecular weight is 164 g/mol. The van der Waals surface area contributed by atoms with Gasteiger partial charge in [0, 0.05) is 0 Å². The molecule has 0 bridgehead atoms. The van der Waals surface area contributed by atoms with Gasteiger partial charge in [-0.05, 0) is 0 Å². The summed E-state index contributed by atoms with van der Waals surface area (Å²) in [6.45, 7) is 0.455. The third kappa shape index (κ3) is 7.24. The third-order valence-electron chi connectivity index (χ3n) is 0.935. The Morgan fingerprint density at radius 2 is 2.18 bits per heavy atom. The largest absolute Gasteiger partial charge is 0.465 e. The van der Waals surface area contributed by atoms with Crippen molar-refractivity contribution in [3.8, 4) is 0 Å². The zero-order valence-corrected chi connectivity index (χ0v) is 6.10. The topological polar surface area (TPSA) is 76.0 Å². The first kappa shape index (κ1) is 10.3. The van der Waals surface area contributed by atoms with Crippen molar-refractivity contribution in [1.82, 2.24) is 0 Å². The highest BCUT2D eigenvalue weighted by atomic mass is 16.5. The number of carbonyl (C=O) groups excluding carboxylic acids is 1. The van der Waals surface area contributed by atoms with Gasteiger partial charge in [-0.15, -0.1) is 0 Å². The van der Waals surface area contributed by atoms with Gasteiger partial charge >= 0.3 is 0 Å². The lowest BCUT2D eigenvalue weighted by Crippen LogP contribution is -2.20. The zero-order valence-electron chi connectivity index (χ0n) is 6.10. The molecule has 0 saturated heterocycles. The Morgan fingerprint density at radius 1 is 1.45 bits per heavy atom. The summed E-state index contributed by atoms with van der Waals surface area (Å²) < 4.78 is 9.09. The van der Waals surface area contributed by atoms with Gasteiger partial charge in [0.25, 0.3) is 6.47 Å². The lowest BCUT2D eigenvalue weighted by molar-refractivity contribution is -0.130. The van der Waals surface area contributed by atoms with E-state index >= 15 is 0 Å². The van der Waals surface area contributed by atoms with Crippen LogP contribution in [0.5, 0.6) is 0 Å². The summed E-state index contributed by atoms with van der Waals surface area (Å²) in [5.74, 6) is 0. The molecule has 0 heterocycles. The first-order valence-corrected chi connectivity index (χ1v) is 3.23. The molecule has 0 aromatic carbocycles. The first-order valence-electron chi connectivity index (χ1n) is 3.23. The normalized spacial score (nSPS) is 12.5. The zero-order chi connectivity index (χ0) is 8.53. The van der Waals surface area contributed by atoms with Crippen molar-refractivity contribution in [2.24, 2.45) is 0 Å². The van der Waals surface area contributed by atoms with Crippen LogP contribution in [0.4, 0.5) is 0 Å². The summed E-state index contributed by atoms with van der Waals surface area (Å²) >= 11 is 0. The number of rotatable bonds is 7. The van der Waals surface area contributed by atoms with Gasteiger partial charge in [0.05, 0.1) is 19.8 Å². The third-order valence-corrected chi connectivity index (χ3v) is 0.935. The predicted octanol–water partition coefficient (Wildman–Crippen LogP) is -1.47. The highest BCUT2D eigenvalue weighted by Gasteiger charge is 2.00. The van der Waals surface area contributed by atoms with E-state index in [9.17, 15) is 4.79 Å². The van der Waals surface area contributed by atoms with Gasteiger partial charge in [-0.1, -0.05) is 0 Å². The van der Waals surface area contributed by atoms with E-state index in [2.05, 4.69) is 4.74 Å². The van der Waals surface area contributed by atoms with E-state index in [0.717, 1.165) is 0 Å². The second-order valence-electron chi connectivity index (χ2n) is 1.88. The summed E-state index contributed by atoms with van der Waals surface area (Å²) in [7, 11) is 0. The van der Waals surface area contributed by atoms with E-state index < -0.39 is 6.10 Å². The van der Waals surface area contributed by atoms with Crippen LogP contribution in [0.3, 0.4) is 0 Å². The molecule has 11 heavy (non-hydrogen) atoms. The molecule has 0 aliphatic carbocycles. The van der Waals surface area contributed by atoms with Crippen molar-refractivity contribution in [2.75, 3.05) is 26.4 Å². The van der Waals surface area contributed by atoms with E-state index in [1.165, 1.54) is 0 Å². The molecule has 0 spiro atoms. The minimum Gasteiger partial charge on any atom is -0.465 e. The molecule has 1 unspecified atom stereocenters. The molecule has 0 rings (SSSR count). The van der Waals surface area contributed by atoms with Crippen LogP contribution >= 0.6 is 0 Å². The molecule has 66 valence electrons. The fraction of sp³-hybridized carbons (Fsp3) is 0.833. The van der Waals surface area contributed by atoms with Gasteiger partial charge in [-0.25, -0.2) is 0 Å². The minimum atomic E-state index is -0.855. The highest BCUT2D eigenvalue weighted by molar-refractivity contribution is 5.36. The molecule has 0 aromatic heterocycles. The molecule has 1 atom stereocenters. The van der Waals surface area contributed by atoms with E-state index in [0.29, 0.717) is 6.47 Å². The van der Waals surface area contributed by atoms with E-state index in [-0.39, 0.29) is 26.4 Å². The SMILES string of the molecule is O=COCCOCC(O)CO. The second kappa shape index (κ2) is 7.46. The van der Waals surface area contributed by atoms with E-state index in [4.69, 9.17) is 14.9 Å². The van der Waals surface area contributed by atoms with Gasteiger partial charge in [0.2, 0.25) is 0 Å². The Kier molecular flexibility index (Phi) is 7.02. The smallest absolute Gasteiger partial charge is 0.293 e. The van der Waals surface area contributed by atoms with Gasteiger partial charge in [-0.2, -0.15) is 0 Å². The summed E-state index contributed by atoms with van der Waals surface area (Å²) in [4.78, 5) is 9.59. The molecule has 0 saturated carbocycles. The second-order valence-corrected chi connectivity index (χ2v) is 1.88. The Bertz CT molecular complexity index is 95.0. The summed E-state index contributed by atoms with van der Waals surface area (Å²) in [6.07, 6.45) is -0.855. The van der Waals surface area contributed by atoms with Crippen molar-refractivity contribution < 1.29 is 24.5 Å². The molecule has 0 radical (unpaired) electrons. The van der Waals surface area contributed by atoms with Gasteiger partial charge < -0.3 is 19.7 Å². The molecule has 2 N–H and O–H groups in total. The number of hydrogen-bond donors (Lipinski definition) is 2. The number of aliphatic hydroxyl groups excluding tert-OH is 2.